The molecule has 0 bridgehead atoms. The maximum atomic E-state index is 14.1. The molecule has 156 valence electrons. The van der Waals surface area contributed by atoms with Crippen LogP contribution in [0.4, 0.5) is 11.4 Å². The molecule has 5 heteroatoms. The maximum Gasteiger partial charge on any atom is 0.269 e. The Morgan fingerprint density at radius 3 is 1.62 bits per heavy atom. The predicted octanol–water partition coefficient (Wildman–Crippen LogP) is 5.67. The number of para-hydroxylation sites is 1. The minimum atomic E-state index is -0.936. The van der Waals surface area contributed by atoms with Gasteiger partial charge in [-0.1, -0.05) is 91.0 Å². The van der Waals surface area contributed by atoms with Crippen LogP contribution in [0.1, 0.15) is 22.7 Å². The van der Waals surface area contributed by atoms with Gasteiger partial charge in [0.05, 0.1) is 11.0 Å². The van der Waals surface area contributed by atoms with Gasteiger partial charge in [-0.2, -0.15) is 0 Å². The van der Waals surface area contributed by atoms with Crippen LogP contribution < -0.4 is 4.90 Å². The van der Waals surface area contributed by atoms with Crippen LogP contribution in [-0.4, -0.2) is 10.8 Å². The highest BCUT2D eigenvalue weighted by atomic mass is 16.6. The summed E-state index contributed by atoms with van der Waals surface area (Å²) >= 11 is 0. The number of nitro groups is 1. The number of non-ortho nitro benzene ring substituents is 1. The summed E-state index contributed by atoms with van der Waals surface area (Å²) in [5, 5.41) is 11.2. The van der Waals surface area contributed by atoms with Crippen molar-refractivity contribution in [2.45, 2.75) is 11.5 Å². The van der Waals surface area contributed by atoms with E-state index in [9.17, 15) is 14.9 Å². The van der Waals surface area contributed by atoms with Gasteiger partial charge in [-0.3, -0.25) is 14.9 Å². The number of rotatable bonds is 5. The van der Waals surface area contributed by atoms with Crippen molar-refractivity contribution in [3.63, 3.8) is 0 Å². The first-order valence-corrected chi connectivity index (χ1v) is 10.4. The molecule has 5 rings (SSSR count). The van der Waals surface area contributed by atoms with Crippen molar-refractivity contribution in [1.29, 1.82) is 0 Å². The fraction of sp³-hybridized carbons (Fsp3) is 0.0741. The van der Waals surface area contributed by atoms with E-state index in [4.69, 9.17) is 0 Å². The molecule has 0 aromatic heterocycles. The topological polar surface area (TPSA) is 63.5 Å². The zero-order valence-electron chi connectivity index (χ0n) is 17.2. The molecule has 1 unspecified atom stereocenters. The van der Waals surface area contributed by atoms with Gasteiger partial charge in [0.2, 0.25) is 5.91 Å². The molecule has 1 amide bonds. The Morgan fingerprint density at radius 1 is 0.688 bits per heavy atom. The molecule has 1 aliphatic heterocycles. The summed E-state index contributed by atoms with van der Waals surface area (Å²) in [6.45, 7) is 0. The van der Waals surface area contributed by atoms with Crippen LogP contribution in [0.2, 0.25) is 0 Å². The number of carbonyl (C=O) groups excluding carboxylic acids is 1. The third-order valence-corrected chi connectivity index (χ3v) is 6.14. The molecule has 1 atom stereocenters. The van der Waals surface area contributed by atoms with Crippen molar-refractivity contribution in [1.82, 2.24) is 0 Å². The number of nitrogens with zero attached hydrogens (tertiary/aromatic N) is 2. The molecule has 0 aliphatic carbocycles. The summed E-state index contributed by atoms with van der Waals surface area (Å²) in [7, 11) is 0. The first kappa shape index (κ1) is 19.7. The molecule has 0 radical (unpaired) electrons. The van der Waals surface area contributed by atoms with Crippen LogP contribution in [0.25, 0.3) is 0 Å². The largest absolute Gasteiger partial charge is 0.302 e. The van der Waals surface area contributed by atoms with Gasteiger partial charge in [-0.25, -0.2) is 0 Å². The molecule has 1 heterocycles. The van der Waals surface area contributed by atoms with E-state index in [1.165, 1.54) is 12.1 Å². The normalized spacial score (nSPS) is 16.9. The van der Waals surface area contributed by atoms with Crippen LogP contribution in [0, 0.1) is 10.1 Å². The zero-order chi connectivity index (χ0) is 22.1. The summed E-state index contributed by atoms with van der Waals surface area (Å²) in [6, 6.07) is 35.2. The van der Waals surface area contributed by atoms with Gasteiger partial charge in [0.1, 0.15) is 5.41 Å². The molecular formula is C27H20N2O3. The Bertz CT molecular complexity index is 1220. The lowest BCUT2D eigenvalue weighted by Crippen LogP contribution is -2.67. The number of β-lactam (4-membered cyclic amide) rings is 1. The number of carbonyl (C=O) groups is 1. The predicted molar refractivity (Wildman–Crippen MR) is 123 cm³/mol. The van der Waals surface area contributed by atoms with Gasteiger partial charge >= 0.3 is 0 Å². The van der Waals surface area contributed by atoms with Gasteiger partial charge in [0.25, 0.3) is 5.69 Å². The van der Waals surface area contributed by atoms with Gasteiger partial charge in [-0.05, 0) is 28.8 Å². The van der Waals surface area contributed by atoms with Crippen molar-refractivity contribution >= 4 is 17.3 Å². The van der Waals surface area contributed by atoms with Gasteiger partial charge in [0.15, 0.2) is 0 Å². The molecule has 4 aromatic carbocycles. The number of anilines is 1. The molecule has 0 spiro atoms. The number of benzene rings is 4. The van der Waals surface area contributed by atoms with E-state index in [-0.39, 0.29) is 17.6 Å². The molecule has 1 saturated heterocycles. The second-order valence-corrected chi connectivity index (χ2v) is 7.80. The average Bonchev–Trinajstić information content (AvgIpc) is 2.85. The second-order valence-electron chi connectivity index (χ2n) is 7.80. The Hall–Kier alpha value is -4.25. The second kappa shape index (κ2) is 7.78. The lowest BCUT2D eigenvalue weighted by atomic mass is 9.59. The lowest BCUT2D eigenvalue weighted by molar-refractivity contribution is -0.384. The first-order chi connectivity index (χ1) is 15.6. The van der Waals surface area contributed by atoms with Crippen LogP contribution in [0.5, 0.6) is 0 Å². The minimum Gasteiger partial charge on any atom is -0.302 e. The SMILES string of the molecule is O=C1N(c2ccccc2)C(c2ccc([N+](=O)[O-])cc2)C1(c1ccccc1)c1ccccc1. The van der Waals surface area contributed by atoms with Crippen molar-refractivity contribution in [2.75, 3.05) is 4.90 Å². The highest BCUT2D eigenvalue weighted by molar-refractivity contribution is 6.12. The quantitative estimate of drug-likeness (QED) is 0.237. The molecular weight excluding hydrogens is 400 g/mol. The maximum absolute atomic E-state index is 14.1. The lowest BCUT2D eigenvalue weighted by Gasteiger charge is -2.57. The average molecular weight is 420 g/mol. The van der Waals surface area contributed by atoms with Crippen molar-refractivity contribution in [3.05, 3.63) is 142 Å². The highest BCUT2D eigenvalue weighted by Gasteiger charge is 2.63. The van der Waals surface area contributed by atoms with E-state index < -0.39 is 10.3 Å². The molecule has 1 fully saturated rings. The monoisotopic (exact) mass is 420 g/mol. The van der Waals surface area contributed by atoms with E-state index >= 15 is 0 Å². The van der Waals surface area contributed by atoms with Crippen molar-refractivity contribution < 1.29 is 9.72 Å². The molecule has 5 nitrogen and oxygen atoms in total. The fourth-order valence-electron chi connectivity index (χ4n) is 4.72. The number of nitro benzene ring substituents is 1. The fourth-order valence-corrected chi connectivity index (χ4v) is 4.72. The first-order valence-electron chi connectivity index (χ1n) is 10.4. The summed E-state index contributed by atoms with van der Waals surface area (Å²) < 4.78 is 0. The third-order valence-electron chi connectivity index (χ3n) is 6.14. The summed E-state index contributed by atoms with van der Waals surface area (Å²) in [5.74, 6) is -0.0237. The molecule has 32 heavy (non-hydrogen) atoms. The molecule has 1 aliphatic rings. The van der Waals surface area contributed by atoms with Crippen LogP contribution in [-0.2, 0) is 10.2 Å². The molecule has 0 saturated carbocycles. The van der Waals surface area contributed by atoms with Crippen LogP contribution in [0.15, 0.2) is 115 Å². The van der Waals surface area contributed by atoms with Gasteiger partial charge in [-0.15, -0.1) is 0 Å². The summed E-state index contributed by atoms with van der Waals surface area (Å²) in [5.41, 5.74) is 2.51. The third kappa shape index (κ3) is 2.90. The number of amides is 1. The van der Waals surface area contributed by atoms with E-state index in [2.05, 4.69) is 0 Å². The van der Waals surface area contributed by atoms with E-state index in [0.29, 0.717) is 0 Å². The Balaban J connectivity index is 1.76. The van der Waals surface area contributed by atoms with Gasteiger partial charge in [0, 0.05) is 17.8 Å². The Morgan fingerprint density at radius 2 is 1.16 bits per heavy atom. The zero-order valence-corrected chi connectivity index (χ0v) is 17.2. The van der Waals surface area contributed by atoms with E-state index in [0.717, 1.165) is 22.4 Å². The van der Waals surface area contributed by atoms with Crippen molar-refractivity contribution in [3.8, 4) is 0 Å². The molecule has 4 aromatic rings. The Kier molecular flexibility index (Phi) is 4.79. The summed E-state index contributed by atoms with van der Waals surface area (Å²) in [4.78, 5) is 26.7. The van der Waals surface area contributed by atoms with E-state index in [1.54, 1.807) is 17.0 Å². The number of hydrogen-bond acceptors (Lipinski definition) is 3. The Labute approximate surface area is 185 Å². The number of hydrogen-bond donors (Lipinski definition) is 0. The smallest absolute Gasteiger partial charge is 0.269 e. The molecule has 0 N–H and O–H groups in total. The summed E-state index contributed by atoms with van der Waals surface area (Å²) in [6.07, 6.45) is 0. The van der Waals surface area contributed by atoms with Gasteiger partial charge < -0.3 is 4.90 Å². The van der Waals surface area contributed by atoms with Crippen LogP contribution in [0.3, 0.4) is 0 Å². The van der Waals surface area contributed by atoms with Crippen LogP contribution >= 0.6 is 0 Å². The minimum absolute atomic E-state index is 0.0237. The highest BCUT2D eigenvalue weighted by Crippen LogP contribution is 2.57. The van der Waals surface area contributed by atoms with Crippen molar-refractivity contribution in [2.24, 2.45) is 0 Å². The van der Waals surface area contributed by atoms with E-state index in [1.807, 2.05) is 91.0 Å². The standard InChI is InChI=1S/C27H20N2O3/c30-26-27(21-10-4-1-5-11-21,22-12-6-2-7-13-22)25(28(26)23-14-8-3-9-15-23)20-16-18-24(19-17-20)29(31)32/h1-19,25H.